The summed E-state index contributed by atoms with van der Waals surface area (Å²) < 4.78 is 2.21. The van der Waals surface area contributed by atoms with Crippen LogP contribution in [0.15, 0.2) is 74.3 Å². The Morgan fingerprint density at radius 3 is 2.81 bits per heavy atom. The molecule has 0 amide bonds. The molecule has 0 spiro atoms. The molecule has 128 valence electrons. The normalized spacial score (nSPS) is 11.5. The van der Waals surface area contributed by atoms with Gasteiger partial charge in [-0.2, -0.15) is 9.78 Å². The number of benzene rings is 2. The minimum Gasteiger partial charge on any atom is -0.267 e. The molecule has 0 radical (unpaired) electrons. The zero-order valence-corrected chi connectivity index (χ0v) is 16.3. The van der Waals surface area contributed by atoms with Crippen molar-refractivity contribution >= 4 is 44.4 Å². The minimum atomic E-state index is -0.191. The average molecular weight is 424 g/mol. The fraction of sp³-hybridized carbons (Fsp3) is 0.0500. The molecule has 4 aromatic rings. The van der Waals surface area contributed by atoms with E-state index >= 15 is 0 Å². The van der Waals surface area contributed by atoms with Crippen molar-refractivity contribution in [1.82, 2.24) is 9.66 Å². The predicted octanol–water partition coefficient (Wildman–Crippen LogP) is 5.08. The molecular formula is C20H14BrN3OS. The Kier molecular flexibility index (Phi) is 4.53. The standard InChI is InChI=1S/C20H14BrN3OS/c1-13-4-2-5-14(10-13)12-22-24-19(18-6-3-9-26-18)23-17-8-7-15(21)11-16(17)20(24)25/h2-12H,1H3. The third-order valence-corrected chi connectivity index (χ3v) is 5.27. The monoisotopic (exact) mass is 423 g/mol. The zero-order valence-electron chi connectivity index (χ0n) is 13.9. The summed E-state index contributed by atoms with van der Waals surface area (Å²) in [6.45, 7) is 2.02. The molecule has 0 atom stereocenters. The van der Waals surface area contributed by atoms with E-state index in [0.717, 1.165) is 20.5 Å². The van der Waals surface area contributed by atoms with Crippen LogP contribution in [0.3, 0.4) is 0 Å². The van der Waals surface area contributed by atoms with Crippen LogP contribution >= 0.6 is 27.3 Å². The Bertz CT molecular complexity index is 1180. The number of nitrogens with zero attached hydrogens (tertiary/aromatic N) is 3. The number of thiophene rings is 1. The molecule has 0 N–H and O–H groups in total. The van der Waals surface area contributed by atoms with Gasteiger partial charge in [-0.1, -0.05) is 51.8 Å². The molecule has 2 heterocycles. The van der Waals surface area contributed by atoms with E-state index in [1.54, 1.807) is 12.3 Å². The molecule has 0 aliphatic heterocycles. The van der Waals surface area contributed by atoms with Gasteiger partial charge in [-0.25, -0.2) is 4.98 Å². The topological polar surface area (TPSA) is 47.2 Å². The number of halogens is 1. The van der Waals surface area contributed by atoms with E-state index in [1.807, 2.05) is 60.8 Å². The molecule has 0 aliphatic carbocycles. The molecule has 0 aliphatic rings. The van der Waals surface area contributed by atoms with Crippen molar-refractivity contribution in [2.75, 3.05) is 0 Å². The third kappa shape index (κ3) is 3.25. The van der Waals surface area contributed by atoms with Gasteiger partial charge in [-0.15, -0.1) is 11.3 Å². The van der Waals surface area contributed by atoms with Crippen molar-refractivity contribution in [3.8, 4) is 10.7 Å². The fourth-order valence-electron chi connectivity index (χ4n) is 2.70. The predicted molar refractivity (Wildman–Crippen MR) is 111 cm³/mol. The molecule has 6 heteroatoms. The van der Waals surface area contributed by atoms with Gasteiger partial charge in [0.15, 0.2) is 5.82 Å². The molecule has 4 nitrogen and oxygen atoms in total. The van der Waals surface area contributed by atoms with Crippen molar-refractivity contribution in [3.05, 3.63) is 85.9 Å². The van der Waals surface area contributed by atoms with E-state index in [0.29, 0.717) is 16.7 Å². The zero-order chi connectivity index (χ0) is 18.1. The maximum Gasteiger partial charge on any atom is 0.282 e. The van der Waals surface area contributed by atoms with Crippen molar-refractivity contribution in [3.63, 3.8) is 0 Å². The van der Waals surface area contributed by atoms with Gasteiger partial charge in [-0.05, 0) is 42.1 Å². The van der Waals surface area contributed by atoms with Gasteiger partial charge in [0.05, 0.1) is 22.0 Å². The van der Waals surface area contributed by atoms with Gasteiger partial charge in [0.1, 0.15) is 0 Å². The number of rotatable bonds is 3. The van der Waals surface area contributed by atoms with E-state index in [2.05, 4.69) is 26.0 Å². The Morgan fingerprint density at radius 1 is 1.15 bits per heavy atom. The van der Waals surface area contributed by atoms with Gasteiger partial charge in [-0.3, -0.25) is 4.79 Å². The largest absolute Gasteiger partial charge is 0.282 e. The van der Waals surface area contributed by atoms with Crippen LogP contribution < -0.4 is 5.56 Å². The first-order valence-electron chi connectivity index (χ1n) is 7.99. The van der Waals surface area contributed by atoms with E-state index in [9.17, 15) is 4.79 Å². The maximum atomic E-state index is 13.1. The van der Waals surface area contributed by atoms with E-state index in [4.69, 9.17) is 0 Å². The molecule has 0 fully saturated rings. The Balaban J connectivity index is 1.95. The van der Waals surface area contributed by atoms with Gasteiger partial charge in [0.25, 0.3) is 5.56 Å². The summed E-state index contributed by atoms with van der Waals surface area (Å²) in [5, 5.41) is 6.95. The van der Waals surface area contributed by atoms with Crippen molar-refractivity contribution in [2.45, 2.75) is 6.92 Å². The highest BCUT2D eigenvalue weighted by molar-refractivity contribution is 9.10. The highest BCUT2D eigenvalue weighted by Crippen LogP contribution is 2.24. The molecule has 26 heavy (non-hydrogen) atoms. The fourth-order valence-corrected chi connectivity index (χ4v) is 3.76. The molecule has 2 aromatic carbocycles. The van der Waals surface area contributed by atoms with Crippen molar-refractivity contribution in [2.24, 2.45) is 5.10 Å². The van der Waals surface area contributed by atoms with E-state index in [-0.39, 0.29) is 5.56 Å². The Hall–Kier alpha value is -2.57. The maximum absolute atomic E-state index is 13.1. The second-order valence-electron chi connectivity index (χ2n) is 5.85. The van der Waals surface area contributed by atoms with Crippen LogP contribution in [-0.4, -0.2) is 15.9 Å². The number of fused-ring (bicyclic) bond motifs is 1. The first-order chi connectivity index (χ1) is 12.6. The van der Waals surface area contributed by atoms with Crippen LogP contribution in [0.2, 0.25) is 0 Å². The van der Waals surface area contributed by atoms with E-state index in [1.165, 1.54) is 16.0 Å². The van der Waals surface area contributed by atoms with E-state index < -0.39 is 0 Å². The Morgan fingerprint density at radius 2 is 2.04 bits per heavy atom. The summed E-state index contributed by atoms with van der Waals surface area (Å²) in [6, 6.07) is 17.3. The van der Waals surface area contributed by atoms with Crippen molar-refractivity contribution < 1.29 is 0 Å². The highest BCUT2D eigenvalue weighted by Gasteiger charge is 2.13. The lowest BCUT2D eigenvalue weighted by Crippen LogP contribution is -2.20. The summed E-state index contributed by atoms with van der Waals surface area (Å²) in [5.74, 6) is 0.545. The van der Waals surface area contributed by atoms with Crippen LogP contribution in [0.4, 0.5) is 0 Å². The number of hydrogen-bond acceptors (Lipinski definition) is 4. The third-order valence-electron chi connectivity index (χ3n) is 3.91. The van der Waals surface area contributed by atoms with Crippen LogP contribution in [0.5, 0.6) is 0 Å². The average Bonchev–Trinajstić information content (AvgIpc) is 3.16. The van der Waals surface area contributed by atoms with Crippen LogP contribution in [0, 0.1) is 6.92 Å². The number of aromatic nitrogens is 2. The SMILES string of the molecule is Cc1cccc(C=Nn2c(-c3cccs3)nc3ccc(Br)cc3c2=O)c1. The van der Waals surface area contributed by atoms with Gasteiger partial charge in [0.2, 0.25) is 0 Å². The lowest BCUT2D eigenvalue weighted by atomic mass is 10.2. The molecular weight excluding hydrogens is 410 g/mol. The van der Waals surface area contributed by atoms with Crippen LogP contribution in [-0.2, 0) is 0 Å². The lowest BCUT2D eigenvalue weighted by molar-refractivity contribution is 0.832. The highest BCUT2D eigenvalue weighted by atomic mass is 79.9. The smallest absolute Gasteiger partial charge is 0.267 e. The molecule has 4 rings (SSSR count). The van der Waals surface area contributed by atoms with Crippen LogP contribution in [0.25, 0.3) is 21.6 Å². The molecule has 2 aromatic heterocycles. The Labute approximate surface area is 162 Å². The number of hydrogen-bond donors (Lipinski definition) is 0. The second-order valence-corrected chi connectivity index (χ2v) is 7.71. The molecule has 0 saturated carbocycles. The summed E-state index contributed by atoms with van der Waals surface area (Å²) in [6.07, 6.45) is 1.69. The van der Waals surface area contributed by atoms with Gasteiger partial charge < -0.3 is 0 Å². The molecule has 0 saturated heterocycles. The summed E-state index contributed by atoms with van der Waals surface area (Å²) >= 11 is 4.95. The summed E-state index contributed by atoms with van der Waals surface area (Å²) in [7, 11) is 0. The lowest BCUT2D eigenvalue weighted by Gasteiger charge is -2.08. The summed E-state index contributed by atoms with van der Waals surface area (Å²) in [5.41, 5.74) is 2.54. The first kappa shape index (κ1) is 16.9. The summed E-state index contributed by atoms with van der Waals surface area (Å²) in [4.78, 5) is 18.7. The van der Waals surface area contributed by atoms with Crippen LogP contribution in [0.1, 0.15) is 11.1 Å². The van der Waals surface area contributed by atoms with Gasteiger partial charge in [0, 0.05) is 4.47 Å². The molecule has 0 unspecified atom stereocenters. The number of aryl methyl sites for hydroxylation is 1. The second kappa shape index (κ2) is 6.97. The minimum absolute atomic E-state index is 0.191. The quantitative estimate of drug-likeness (QED) is 0.431. The van der Waals surface area contributed by atoms with Crippen molar-refractivity contribution in [1.29, 1.82) is 0 Å². The van der Waals surface area contributed by atoms with Gasteiger partial charge >= 0.3 is 0 Å². The molecule has 0 bridgehead atoms. The first-order valence-corrected chi connectivity index (χ1v) is 9.66.